The van der Waals surface area contributed by atoms with Gasteiger partial charge in [0.05, 0.1) is 11.1 Å². The van der Waals surface area contributed by atoms with Gasteiger partial charge in [-0.05, 0) is 24.3 Å². The molecule has 2 aliphatic heterocycles. The van der Waals surface area contributed by atoms with Gasteiger partial charge in [-0.25, -0.2) is 0 Å². The maximum absolute atomic E-state index is 2.57. The second kappa shape index (κ2) is 5.39. The van der Waals surface area contributed by atoms with Gasteiger partial charge in [0.2, 0.25) is 17.9 Å². The third-order valence-corrected chi connectivity index (χ3v) is 6.56. The second-order valence-electron chi connectivity index (χ2n) is 7.98. The predicted octanol–water partition coefficient (Wildman–Crippen LogP) is 4.33. The van der Waals surface area contributed by atoms with E-state index in [9.17, 15) is 0 Å². The van der Waals surface area contributed by atoms with Crippen molar-refractivity contribution in [1.29, 1.82) is 0 Å². The van der Waals surface area contributed by atoms with E-state index in [1.807, 2.05) is 0 Å². The van der Waals surface area contributed by atoms with Crippen molar-refractivity contribution < 1.29 is 9.13 Å². The summed E-state index contributed by atoms with van der Waals surface area (Å²) in [6.07, 6.45) is 0. The summed E-state index contributed by atoms with van der Waals surface area (Å²) >= 11 is 0. The van der Waals surface area contributed by atoms with Gasteiger partial charge in [-0.1, -0.05) is 36.4 Å². The molecule has 0 bridgehead atoms. The van der Waals surface area contributed by atoms with Gasteiger partial charge < -0.3 is 0 Å². The van der Waals surface area contributed by atoms with Crippen LogP contribution in [0.25, 0.3) is 22.5 Å². The molecule has 0 amide bonds. The molecule has 2 nitrogen and oxygen atoms in total. The van der Waals surface area contributed by atoms with E-state index in [2.05, 4.69) is 108 Å². The van der Waals surface area contributed by atoms with Crippen molar-refractivity contribution in [1.82, 2.24) is 0 Å². The number of fused-ring (bicyclic) bond motifs is 9. The highest BCUT2D eigenvalue weighted by Crippen LogP contribution is 2.47. The zero-order valence-electron chi connectivity index (χ0n) is 16.2. The average molecular weight is 362 g/mol. The van der Waals surface area contributed by atoms with E-state index in [0.717, 1.165) is 6.54 Å². The molecular formula is C26H22N2+2. The molecule has 0 radical (unpaired) electrons. The Morgan fingerprint density at radius 1 is 0.607 bits per heavy atom. The lowest BCUT2D eigenvalue weighted by Gasteiger charge is -2.30. The Bertz CT molecular complexity index is 1270. The van der Waals surface area contributed by atoms with E-state index < -0.39 is 0 Å². The van der Waals surface area contributed by atoms with Crippen LogP contribution in [0.15, 0.2) is 84.9 Å². The Hall–Kier alpha value is -3.26. The quantitative estimate of drug-likeness (QED) is 0.411. The Morgan fingerprint density at radius 2 is 1.18 bits per heavy atom. The number of hydrogen-bond acceptors (Lipinski definition) is 0. The van der Waals surface area contributed by atoms with Gasteiger partial charge in [-0.2, -0.15) is 9.13 Å². The molecule has 2 aliphatic rings. The van der Waals surface area contributed by atoms with Crippen LogP contribution in [0.3, 0.4) is 0 Å². The first-order chi connectivity index (χ1) is 13.7. The molecule has 2 aromatic carbocycles. The van der Waals surface area contributed by atoms with Gasteiger partial charge in [-0.15, -0.1) is 0 Å². The molecule has 4 heterocycles. The van der Waals surface area contributed by atoms with Crippen molar-refractivity contribution >= 4 is 0 Å². The number of nitrogens with zero attached hydrogens (tertiary/aromatic N) is 2. The minimum absolute atomic E-state index is 0.225. The summed E-state index contributed by atoms with van der Waals surface area (Å²) < 4.78 is 5.06. The number of pyridine rings is 2. The largest absolute Gasteiger partial charge is 0.279 e. The van der Waals surface area contributed by atoms with Gasteiger partial charge in [-0.3, -0.25) is 0 Å². The van der Waals surface area contributed by atoms with Crippen molar-refractivity contribution in [3.8, 4) is 22.5 Å². The standard InChI is InChI=1S/C26H22N2/c1-18-9-7-15-24-20-11-3-5-13-22(20)26(17-27(18)24)23-14-6-4-12-21(23)25-16-8-10-19(2)28(25)26/h3-16H,17H2,1-2H3/q+2. The van der Waals surface area contributed by atoms with Gasteiger partial charge in [0, 0.05) is 49.2 Å². The molecule has 1 atom stereocenters. The van der Waals surface area contributed by atoms with Crippen LogP contribution in [0.4, 0.5) is 0 Å². The topological polar surface area (TPSA) is 7.76 Å². The van der Waals surface area contributed by atoms with Gasteiger partial charge in [0.15, 0.2) is 11.4 Å². The minimum atomic E-state index is -0.225. The monoisotopic (exact) mass is 362 g/mol. The fourth-order valence-electron chi connectivity index (χ4n) is 5.42. The van der Waals surface area contributed by atoms with E-state index in [1.54, 1.807) is 0 Å². The number of aryl methyl sites for hydroxylation is 2. The minimum Gasteiger partial charge on any atom is -0.188 e. The van der Waals surface area contributed by atoms with E-state index in [-0.39, 0.29) is 5.54 Å². The van der Waals surface area contributed by atoms with Crippen molar-refractivity contribution in [2.24, 2.45) is 0 Å². The molecule has 134 valence electrons. The first-order valence-corrected chi connectivity index (χ1v) is 9.93. The predicted molar refractivity (Wildman–Crippen MR) is 110 cm³/mol. The van der Waals surface area contributed by atoms with Crippen LogP contribution in [0.2, 0.25) is 0 Å². The van der Waals surface area contributed by atoms with E-state index in [1.165, 1.54) is 45.0 Å². The van der Waals surface area contributed by atoms with Crippen LogP contribution in [0.5, 0.6) is 0 Å². The maximum Gasteiger partial charge on any atom is 0.279 e. The van der Waals surface area contributed by atoms with Crippen molar-refractivity contribution in [2.45, 2.75) is 25.9 Å². The molecule has 0 aliphatic carbocycles. The Kier molecular flexibility index (Phi) is 3.03. The lowest BCUT2D eigenvalue weighted by molar-refractivity contribution is -0.810. The SMILES string of the molecule is Cc1cccc2[n+]1CC1(c3ccccc3-2)c2ccccc2-c2cccc(C)[n+]21. The summed E-state index contributed by atoms with van der Waals surface area (Å²) in [5.41, 5.74) is 10.5. The van der Waals surface area contributed by atoms with Crippen LogP contribution in [-0.4, -0.2) is 0 Å². The molecule has 1 spiro atoms. The number of aromatic nitrogens is 2. The molecule has 0 N–H and O–H groups in total. The number of rotatable bonds is 0. The van der Waals surface area contributed by atoms with E-state index >= 15 is 0 Å². The highest BCUT2D eigenvalue weighted by atomic mass is 15.2. The normalized spacial score (nSPS) is 18.4. The molecule has 0 saturated carbocycles. The second-order valence-corrected chi connectivity index (χ2v) is 7.98. The molecule has 28 heavy (non-hydrogen) atoms. The van der Waals surface area contributed by atoms with Gasteiger partial charge in [0.25, 0.3) is 5.54 Å². The molecule has 6 rings (SSSR count). The van der Waals surface area contributed by atoms with Gasteiger partial charge >= 0.3 is 0 Å². The molecule has 4 aromatic rings. The maximum atomic E-state index is 2.57. The smallest absolute Gasteiger partial charge is 0.188 e. The molecule has 0 fully saturated rings. The Balaban J connectivity index is 1.82. The molecule has 0 saturated heterocycles. The summed E-state index contributed by atoms with van der Waals surface area (Å²) in [4.78, 5) is 0. The highest BCUT2D eigenvalue weighted by molar-refractivity contribution is 5.72. The lowest BCUT2D eigenvalue weighted by Crippen LogP contribution is -2.66. The molecular weight excluding hydrogens is 340 g/mol. The summed E-state index contributed by atoms with van der Waals surface area (Å²) in [6, 6.07) is 31.2. The Labute approximate surface area is 165 Å². The molecule has 1 unspecified atom stereocenters. The lowest BCUT2D eigenvalue weighted by atomic mass is 9.77. The van der Waals surface area contributed by atoms with Gasteiger partial charge in [0.1, 0.15) is 0 Å². The Morgan fingerprint density at radius 3 is 1.89 bits per heavy atom. The fraction of sp³-hybridized carbons (Fsp3) is 0.154. The van der Waals surface area contributed by atoms with Crippen LogP contribution < -0.4 is 9.13 Å². The summed E-state index contributed by atoms with van der Waals surface area (Å²) in [5.74, 6) is 0. The van der Waals surface area contributed by atoms with Crippen LogP contribution in [0.1, 0.15) is 22.5 Å². The van der Waals surface area contributed by atoms with Crippen molar-refractivity contribution in [2.75, 3.05) is 0 Å². The third kappa shape index (κ3) is 1.78. The molecule has 2 heteroatoms. The molecule has 2 aromatic heterocycles. The summed E-state index contributed by atoms with van der Waals surface area (Å²) in [6.45, 7) is 5.36. The number of hydrogen-bond donors (Lipinski definition) is 0. The summed E-state index contributed by atoms with van der Waals surface area (Å²) in [5, 5.41) is 0. The van der Waals surface area contributed by atoms with E-state index in [4.69, 9.17) is 0 Å². The van der Waals surface area contributed by atoms with Crippen LogP contribution >= 0.6 is 0 Å². The average Bonchev–Trinajstić information content (AvgIpc) is 3.01. The fourth-order valence-corrected chi connectivity index (χ4v) is 5.42. The number of benzene rings is 2. The van der Waals surface area contributed by atoms with E-state index in [0.29, 0.717) is 0 Å². The van der Waals surface area contributed by atoms with Crippen molar-refractivity contribution in [3.63, 3.8) is 0 Å². The zero-order valence-corrected chi connectivity index (χ0v) is 16.2. The first kappa shape index (κ1) is 15.8. The summed E-state index contributed by atoms with van der Waals surface area (Å²) in [7, 11) is 0. The zero-order chi connectivity index (χ0) is 18.9. The third-order valence-electron chi connectivity index (χ3n) is 6.56. The van der Waals surface area contributed by atoms with Crippen molar-refractivity contribution in [3.05, 3.63) is 107 Å². The van der Waals surface area contributed by atoms with Crippen LogP contribution in [-0.2, 0) is 12.1 Å². The highest BCUT2D eigenvalue weighted by Gasteiger charge is 2.60. The first-order valence-electron chi connectivity index (χ1n) is 9.93. The van der Waals surface area contributed by atoms with Crippen LogP contribution in [0, 0.1) is 13.8 Å².